The fraction of sp³-hybridized carbons (Fsp3) is 0.200. The van der Waals surface area contributed by atoms with Gasteiger partial charge in [-0.2, -0.15) is 0 Å². The normalized spacial score (nSPS) is 9.27. The number of nitrogens with zero attached hydrogens (tertiary/aromatic N) is 1. The highest BCUT2D eigenvalue weighted by Gasteiger charge is 2.01. The summed E-state index contributed by atoms with van der Waals surface area (Å²) in [4.78, 5) is 14.4. The van der Waals surface area contributed by atoms with Gasteiger partial charge >= 0.3 is 0 Å². The summed E-state index contributed by atoms with van der Waals surface area (Å²) in [7, 11) is 0. The van der Waals surface area contributed by atoms with Crippen LogP contribution >= 0.6 is 35.0 Å². The van der Waals surface area contributed by atoms with Gasteiger partial charge in [-0.25, -0.2) is 0 Å². The van der Waals surface area contributed by atoms with Gasteiger partial charge in [-0.15, -0.1) is 0 Å². The fourth-order valence-electron chi connectivity index (χ4n) is 0.793. The third-order valence-electron chi connectivity index (χ3n) is 1.41. The van der Waals surface area contributed by atoms with Crippen LogP contribution < -0.4 is 0 Å². The van der Waals surface area contributed by atoms with E-state index in [0.717, 1.165) is 11.8 Å². The standard InChI is InChI=1S/C10H7Cl2NOS/c1-7(14)15-4-2-3-8-9(11)5-13-6-10(8)12/h5-6H,4H2,1H3. The van der Waals surface area contributed by atoms with Gasteiger partial charge in [0.2, 0.25) is 0 Å². The first-order chi connectivity index (χ1) is 7.11. The Morgan fingerprint density at radius 1 is 1.47 bits per heavy atom. The lowest BCUT2D eigenvalue weighted by Crippen LogP contribution is -1.84. The summed E-state index contributed by atoms with van der Waals surface area (Å²) in [6.45, 7) is 1.50. The predicted molar refractivity (Wildman–Crippen MR) is 64.3 cm³/mol. The van der Waals surface area contributed by atoms with Crippen LogP contribution in [0.15, 0.2) is 12.4 Å². The number of carbonyl (C=O) groups is 1. The molecule has 1 aromatic heterocycles. The van der Waals surface area contributed by atoms with E-state index in [0.29, 0.717) is 21.4 Å². The smallest absolute Gasteiger partial charge is 0.186 e. The summed E-state index contributed by atoms with van der Waals surface area (Å²) in [5, 5.41) is 0.877. The SMILES string of the molecule is CC(=O)SCC#Cc1c(Cl)cncc1Cl. The Hall–Kier alpha value is -0.690. The van der Waals surface area contributed by atoms with E-state index >= 15 is 0 Å². The average Bonchev–Trinajstić information content (AvgIpc) is 2.15. The maximum Gasteiger partial charge on any atom is 0.186 e. The molecule has 0 fully saturated rings. The van der Waals surface area contributed by atoms with Gasteiger partial charge in [0.15, 0.2) is 5.12 Å². The van der Waals surface area contributed by atoms with Crippen molar-refractivity contribution in [2.24, 2.45) is 0 Å². The molecule has 0 amide bonds. The highest BCUT2D eigenvalue weighted by molar-refractivity contribution is 8.13. The molecule has 0 unspecified atom stereocenters. The highest BCUT2D eigenvalue weighted by Crippen LogP contribution is 2.21. The van der Waals surface area contributed by atoms with Gasteiger partial charge < -0.3 is 0 Å². The van der Waals surface area contributed by atoms with Crippen LogP contribution in [0.1, 0.15) is 12.5 Å². The number of rotatable bonds is 1. The molecule has 0 atom stereocenters. The van der Waals surface area contributed by atoms with E-state index in [1.807, 2.05) is 0 Å². The van der Waals surface area contributed by atoms with E-state index < -0.39 is 0 Å². The van der Waals surface area contributed by atoms with Crippen molar-refractivity contribution in [3.8, 4) is 11.8 Å². The molecule has 0 aromatic carbocycles. The van der Waals surface area contributed by atoms with E-state index in [1.165, 1.54) is 19.3 Å². The minimum Gasteiger partial charge on any atom is -0.288 e. The summed E-state index contributed by atoms with van der Waals surface area (Å²) >= 11 is 12.8. The van der Waals surface area contributed by atoms with Crippen LogP contribution in [0.25, 0.3) is 0 Å². The van der Waals surface area contributed by atoms with Crippen molar-refractivity contribution in [3.63, 3.8) is 0 Å². The molecule has 78 valence electrons. The van der Waals surface area contributed by atoms with E-state index in [9.17, 15) is 4.79 Å². The van der Waals surface area contributed by atoms with Crippen LogP contribution in [0.2, 0.25) is 10.0 Å². The van der Waals surface area contributed by atoms with Gasteiger partial charge in [0.05, 0.1) is 21.4 Å². The maximum absolute atomic E-state index is 10.6. The predicted octanol–water partition coefficient (Wildman–Crippen LogP) is 3.02. The molecule has 2 nitrogen and oxygen atoms in total. The van der Waals surface area contributed by atoms with Crippen molar-refractivity contribution >= 4 is 40.1 Å². The number of hydrogen-bond donors (Lipinski definition) is 0. The fourth-order valence-corrected chi connectivity index (χ4v) is 1.60. The molecule has 1 heterocycles. The van der Waals surface area contributed by atoms with Gasteiger partial charge in [-0.05, 0) is 0 Å². The van der Waals surface area contributed by atoms with Crippen LogP contribution in [0.4, 0.5) is 0 Å². The Morgan fingerprint density at radius 2 is 2.07 bits per heavy atom. The Labute approximate surface area is 102 Å². The zero-order chi connectivity index (χ0) is 11.3. The molecule has 5 heteroatoms. The summed E-state index contributed by atoms with van der Waals surface area (Å²) in [6, 6.07) is 0. The molecule has 0 aliphatic heterocycles. The lowest BCUT2D eigenvalue weighted by Gasteiger charge is -1.96. The van der Waals surface area contributed by atoms with E-state index in [-0.39, 0.29) is 5.12 Å². The third-order valence-corrected chi connectivity index (χ3v) is 2.68. The first-order valence-electron chi connectivity index (χ1n) is 4.02. The molecule has 0 spiro atoms. The Balaban J connectivity index is 2.75. The number of halogens is 2. The van der Waals surface area contributed by atoms with E-state index in [1.54, 1.807) is 0 Å². The van der Waals surface area contributed by atoms with Crippen molar-refractivity contribution in [1.82, 2.24) is 4.98 Å². The minimum atomic E-state index is 0.0382. The largest absolute Gasteiger partial charge is 0.288 e. The average molecular weight is 260 g/mol. The van der Waals surface area contributed by atoms with Crippen LogP contribution in [-0.2, 0) is 4.79 Å². The third kappa shape index (κ3) is 4.13. The summed E-state index contributed by atoms with van der Waals surface area (Å²) in [6.07, 6.45) is 2.96. The van der Waals surface area contributed by atoms with E-state index in [4.69, 9.17) is 23.2 Å². The number of pyridine rings is 1. The second kappa shape index (κ2) is 6.02. The molecule has 0 saturated heterocycles. The molecule has 15 heavy (non-hydrogen) atoms. The Morgan fingerprint density at radius 3 is 2.60 bits per heavy atom. The molecule has 0 saturated carbocycles. The Kier molecular flexibility index (Phi) is 4.97. The van der Waals surface area contributed by atoms with Crippen molar-refractivity contribution in [2.75, 3.05) is 5.75 Å². The number of carbonyl (C=O) groups excluding carboxylic acids is 1. The topological polar surface area (TPSA) is 30.0 Å². The van der Waals surface area contributed by atoms with Crippen LogP contribution in [0, 0.1) is 11.8 Å². The number of aromatic nitrogens is 1. The molecule has 1 aromatic rings. The first kappa shape index (κ1) is 12.4. The summed E-state index contributed by atoms with van der Waals surface area (Å²) in [5.74, 6) is 6.05. The van der Waals surface area contributed by atoms with Crippen molar-refractivity contribution in [1.29, 1.82) is 0 Å². The second-order valence-corrected chi connectivity index (χ2v) is 4.53. The lowest BCUT2D eigenvalue weighted by atomic mass is 10.3. The molecule has 0 aliphatic rings. The molecule has 0 radical (unpaired) electrons. The van der Waals surface area contributed by atoms with Gasteiger partial charge in [0.25, 0.3) is 0 Å². The van der Waals surface area contributed by atoms with Crippen LogP contribution in [0.5, 0.6) is 0 Å². The molecular formula is C10H7Cl2NOS. The van der Waals surface area contributed by atoms with Crippen LogP contribution in [-0.4, -0.2) is 15.9 Å². The van der Waals surface area contributed by atoms with Gasteiger partial charge in [0, 0.05) is 19.3 Å². The van der Waals surface area contributed by atoms with Crippen molar-refractivity contribution < 1.29 is 4.79 Å². The second-order valence-electron chi connectivity index (χ2n) is 2.56. The quantitative estimate of drug-likeness (QED) is 0.727. The Bertz CT molecular complexity index is 417. The van der Waals surface area contributed by atoms with Crippen LogP contribution in [0.3, 0.4) is 0 Å². The first-order valence-corrected chi connectivity index (χ1v) is 5.76. The molecule has 1 rings (SSSR count). The van der Waals surface area contributed by atoms with Gasteiger partial charge in [-0.3, -0.25) is 9.78 Å². The number of thioether (sulfide) groups is 1. The molecule has 0 N–H and O–H groups in total. The molecular weight excluding hydrogens is 253 g/mol. The van der Waals surface area contributed by atoms with Crippen molar-refractivity contribution in [2.45, 2.75) is 6.92 Å². The number of hydrogen-bond acceptors (Lipinski definition) is 3. The zero-order valence-electron chi connectivity index (χ0n) is 7.88. The lowest BCUT2D eigenvalue weighted by molar-refractivity contribution is -0.109. The monoisotopic (exact) mass is 259 g/mol. The molecule has 0 bridgehead atoms. The minimum absolute atomic E-state index is 0.0382. The zero-order valence-corrected chi connectivity index (χ0v) is 10.2. The molecule has 0 aliphatic carbocycles. The maximum atomic E-state index is 10.6. The highest BCUT2D eigenvalue weighted by atomic mass is 35.5. The van der Waals surface area contributed by atoms with Gasteiger partial charge in [-0.1, -0.05) is 46.8 Å². The summed E-state index contributed by atoms with van der Waals surface area (Å²) < 4.78 is 0. The van der Waals surface area contributed by atoms with Crippen molar-refractivity contribution in [3.05, 3.63) is 28.0 Å². The summed E-state index contributed by atoms with van der Waals surface area (Å²) in [5.41, 5.74) is 0.553. The van der Waals surface area contributed by atoms with E-state index in [2.05, 4.69) is 16.8 Å². The van der Waals surface area contributed by atoms with Gasteiger partial charge in [0.1, 0.15) is 0 Å².